The van der Waals surface area contributed by atoms with Crippen LogP contribution in [-0.2, 0) is 0 Å². The van der Waals surface area contributed by atoms with Gasteiger partial charge in [-0.15, -0.1) is 0 Å². The maximum atomic E-state index is 12.5. The number of carbonyl (C=O) groups is 1. The van der Waals surface area contributed by atoms with E-state index in [2.05, 4.69) is 5.32 Å². The number of hydrogen-bond acceptors (Lipinski definition) is 4. The molecule has 0 heterocycles. The van der Waals surface area contributed by atoms with Crippen molar-refractivity contribution in [1.29, 1.82) is 0 Å². The Labute approximate surface area is 143 Å². The predicted molar refractivity (Wildman–Crippen MR) is 95.4 cm³/mol. The van der Waals surface area contributed by atoms with Crippen molar-refractivity contribution in [2.24, 2.45) is 5.92 Å². The van der Waals surface area contributed by atoms with Crippen molar-refractivity contribution in [2.75, 3.05) is 13.7 Å². The van der Waals surface area contributed by atoms with Gasteiger partial charge in [0.05, 0.1) is 13.2 Å². The maximum absolute atomic E-state index is 12.5. The van der Waals surface area contributed by atoms with Crippen LogP contribution in [0.15, 0.2) is 54.6 Å². The first-order valence-electron chi connectivity index (χ1n) is 8.17. The predicted octanol–water partition coefficient (Wildman–Crippen LogP) is 3.23. The zero-order valence-corrected chi connectivity index (χ0v) is 14.4. The van der Waals surface area contributed by atoms with Crippen LogP contribution in [0.5, 0.6) is 5.75 Å². The molecule has 3 unspecified atom stereocenters. The molecule has 0 bridgehead atoms. The number of aliphatic hydroxyl groups is 1. The lowest BCUT2D eigenvalue weighted by molar-refractivity contribution is 0.0912. The van der Waals surface area contributed by atoms with Crippen molar-refractivity contribution in [2.45, 2.75) is 26.0 Å². The van der Waals surface area contributed by atoms with Crippen LogP contribution in [0.1, 0.15) is 35.9 Å². The molecule has 0 aliphatic rings. The van der Waals surface area contributed by atoms with Crippen LogP contribution in [0.3, 0.4) is 0 Å². The summed E-state index contributed by atoms with van der Waals surface area (Å²) in [6, 6.07) is 16.5. The number of hydrogen-bond donors (Lipinski definition) is 2. The van der Waals surface area contributed by atoms with Crippen LogP contribution in [0.2, 0.25) is 0 Å². The van der Waals surface area contributed by atoms with E-state index in [0.717, 1.165) is 11.3 Å². The monoisotopic (exact) mass is 327 g/mol. The molecular weight excluding hydrogens is 302 g/mol. The molecule has 2 N–H and O–H groups in total. The Morgan fingerprint density at radius 1 is 1.08 bits per heavy atom. The van der Waals surface area contributed by atoms with Gasteiger partial charge in [0.1, 0.15) is 5.75 Å². The lowest BCUT2D eigenvalue weighted by Gasteiger charge is -2.22. The molecule has 128 valence electrons. The number of ketones is 1. The lowest BCUT2D eigenvalue weighted by atomic mass is 9.98. The average molecular weight is 327 g/mol. The minimum Gasteiger partial charge on any atom is -0.497 e. The normalized spacial score (nSPS) is 14.7. The summed E-state index contributed by atoms with van der Waals surface area (Å²) < 4.78 is 5.11. The van der Waals surface area contributed by atoms with Gasteiger partial charge in [-0.25, -0.2) is 0 Å². The summed E-state index contributed by atoms with van der Waals surface area (Å²) in [5.41, 5.74) is 1.54. The second-order valence-electron chi connectivity index (χ2n) is 6.05. The van der Waals surface area contributed by atoms with Gasteiger partial charge in [0.15, 0.2) is 5.78 Å². The second-order valence-corrected chi connectivity index (χ2v) is 6.05. The molecule has 2 aromatic carbocycles. The second kappa shape index (κ2) is 8.62. The molecule has 24 heavy (non-hydrogen) atoms. The Kier molecular flexibility index (Phi) is 6.53. The van der Waals surface area contributed by atoms with E-state index in [1.165, 1.54) is 0 Å². The van der Waals surface area contributed by atoms with Gasteiger partial charge in [-0.05, 0) is 36.8 Å². The Hall–Kier alpha value is -2.17. The molecule has 3 atom stereocenters. The fourth-order valence-corrected chi connectivity index (χ4v) is 2.55. The molecule has 0 spiro atoms. The summed E-state index contributed by atoms with van der Waals surface area (Å²) in [5.74, 6) is 0.632. The zero-order valence-electron chi connectivity index (χ0n) is 14.4. The molecular formula is C20H25NO3. The molecule has 0 saturated carbocycles. The van der Waals surface area contributed by atoms with Crippen LogP contribution < -0.4 is 10.1 Å². The molecule has 2 aromatic rings. The Morgan fingerprint density at radius 3 is 2.29 bits per heavy atom. The highest BCUT2D eigenvalue weighted by molar-refractivity contribution is 5.97. The van der Waals surface area contributed by atoms with E-state index in [-0.39, 0.29) is 17.7 Å². The number of methoxy groups -OCH3 is 1. The van der Waals surface area contributed by atoms with Gasteiger partial charge in [0.2, 0.25) is 0 Å². The third-order valence-electron chi connectivity index (χ3n) is 4.18. The van der Waals surface area contributed by atoms with Gasteiger partial charge in [0, 0.05) is 24.1 Å². The fourth-order valence-electron chi connectivity index (χ4n) is 2.55. The largest absolute Gasteiger partial charge is 0.497 e. The highest BCUT2D eigenvalue weighted by Crippen LogP contribution is 2.17. The van der Waals surface area contributed by atoms with E-state index in [4.69, 9.17) is 4.74 Å². The minimum absolute atomic E-state index is 0.0755. The zero-order chi connectivity index (χ0) is 17.5. The number of aliphatic hydroxyl groups excluding tert-OH is 1. The lowest BCUT2D eigenvalue weighted by Crippen LogP contribution is -2.37. The van der Waals surface area contributed by atoms with E-state index >= 15 is 0 Å². The summed E-state index contributed by atoms with van der Waals surface area (Å²) in [6.07, 6.45) is -0.602. The molecule has 0 aliphatic heterocycles. The van der Waals surface area contributed by atoms with Crippen LogP contribution in [-0.4, -0.2) is 30.6 Å². The van der Waals surface area contributed by atoms with Crippen molar-refractivity contribution in [3.05, 3.63) is 65.7 Å². The van der Waals surface area contributed by atoms with E-state index in [1.807, 2.05) is 44.2 Å². The van der Waals surface area contributed by atoms with Crippen molar-refractivity contribution < 1.29 is 14.6 Å². The highest BCUT2D eigenvalue weighted by atomic mass is 16.5. The quantitative estimate of drug-likeness (QED) is 0.731. The third-order valence-corrected chi connectivity index (χ3v) is 4.18. The molecule has 0 saturated heterocycles. The number of nitrogens with one attached hydrogen (secondary N) is 1. The Balaban J connectivity index is 1.89. The topological polar surface area (TPSA) is 58.6 Å². The summed E-state index contributed by atoms with van der Waals surface area (Å²) >= 11 is 0. The van der Waals surface area contributed by atoms with Crippen molar-refractivity contribution >= 4 is 5.78 Å². The smallest absolute Gasteiger partial charge is 0.166 e. The van der Waals surface area contributed by atoms with Crippen LogP contribution in [0, 0.1) is 5.92 Å². The third kappa shape index (κ3) is 4.66. The van der Waals surface area contributed by atoms with E-state index < -0.39 is 6.10 Å². The molecule has 0 radical (unpaired) electrons. The van der Waals surface area contributed by atoms with Gasteiger partial charge >= 0.3 is 0 Å². The summed E-state index contributed by atoms with van der Waals surface area (Å²) in [4.78, 5) is 12.5. The Morgan fingerprint density at radius 2 is 1.71 bits per heavy atom. The molecule has 0 fully saturated rings. The standard InChI is InChI=1S/C20H25NO3/c1-14(19(22)17-9-11-18(24-3)12-10-17)13-21-15(2)20(23)16-7-5-4-6-8-16/h4-12,14-15,20-21,23H,13H2,1-3H3. The first-order chi connectivity index (χ1) is 11.5. The molecule has 0 amide bonds. The Bertz CT molecular complexity index is 640. The summed E-state index contributed by atoms with van der Waals surface area (Å²) in [5, 5.41) is 13.6. The van der Waals surface area contributed by atoms with E-state index in [0.29, 0.717) is 12.1 Å². The van der Waals surface area contributed by atoms with Gasteiger partial charge < -0.3 is 15.2 Å². The van der Waals surface area contributed by atoms with Crippen molar-refractivity contribution in [3.63, 3.8) is 0 Å². The molecule has 4 nitrogen and oxygen atoms in total. The summed E-state index contributed by atoms with van der Waals surface area (Å²) in [6.45, 7) is 4.32. The first kappa shape index (κ1) is 18.2. The number of ether oxygens (including phenoxy) is 1. The molecule has 0 aromatic heterocycles. The van der Waals surface area contributed by atoms with Crippen molar-refractivity contribution in [3.8, 4) is 5.75 Å². The van der Waals surface area contributed by atoms with Crippen LogP contribution in [0.4, 0.5) is 0 Å². The van der Waals surface area contributed by atoms with Crippen LogP contribution >= 0.6 is 0 Å². The van der Waals surface area contributed by atoms with Crippen molar-refractivity contribution in [1.82, 2.24) is 5.32 Å². The molecule has 0 aliphatic carbocycles. The number of carbonyl (C=O) groups excluding carboxylic acids is 1. The van der Waals surface area contributed by atoms with Gasteiger partial charge in [-0.1, -0.05) is 37.3 Å². The number of rotatable bonds is 8. The van der Waals surface area contributed by atoms with E-state index in [1.54, 1.807) is 31.4 Å². The average Bonchev–Trinajstić information content (AvgIpc) is 2.65. The maximum Gasteiger partial charge on any atom is 0.166 e. The van der Waals surface area contributed by atoms with E-state index in [9.17, 15) is 9.90 Å². The van der Waals surface area contributed by atoms with Gasteiger partial charge in [-0.3, -0.25) is 4.79 Å². The van der Waals surface area contributed by atoms with Gasteiger partial charge in [-0.2, -0.15) is 0 Å². The number of Topliss-reactive ketones (excluding diaryl/α,β-unsaturated/α-hetero) is 1. The number of benzene rings is 2. The molecule has 4 heteroatoms. The minimum atomic E-state index is -0.602. The summed E-state index contributed by atoms with van der Waals surface area (Å²) in [7, 11) is 1.60. The SMILES string of the molecule is COc1ccc(C(=O)C(C)CNC(C)C(O)c2ccccc2)cc1. The van der Waals surface area contributed by atoms with Gasteiger partial charge in [0.25, 0.3) is 0 Å². The fraction of sp³-hybridized carbons (Fsp3) is 0.350. The first-order valence-corrected chi connectivity index (χ1v) is 8.17. The molecule has 2 rings (SSSR count). The highest BCUT2D eigenvalue weighted by Gasteiger charge is 2.19. The van der Waals surface area contributed by atoms with Crippen LogP contribution in [0.25, 0.3) is 0 Å².